The van der Waals surface area contributed by atoms with Crippen molar-refractivity contribution in [3.63, 3.8) is 0 Å². The zero-order valence-electron chi connectivity index (χ0n) is 26.8. The molecule has 45 heavy (non-hydrogen) atoms. The zero-order chi connectivity index (χ0) is 32.0. The standard InChI is InChI=1S/C36H47FN4O3S/c1-4-29-25-40-19-21-41(22-20-40)36(42)31-15-17-32(18-16-31)39-45(43,44)34-12-8-9-26(2)35(34)38-24-28-10-6-5-7-11-30(14-13-28)27(3)23-33(29)37/h4,8-9,12,15-18,23-24,27-28,30,39H,5-7,10-11,13-14,19-22,25H2,1-3H3/b29-4-,33-23+,38-24-. The van der Waals surface area contributed by atoms with Crippen molar-refractivity contribution in [3.8, 4) is 0 Å². The number of piperazine rings is 1. The summed E-state index contributed by atoms with van der Waals surface area (Å²) in [5.74, 6) is 0.444. The molecular formula is C36H47FN4O3S. The molecule has 0 aromatic heterocycles. The second-order valence-electron chi connectivity index (χ2n) is 12.9. The van der Waals surface area contributed by atoms with Gasteiger partial charge in [0.2, 0.25) is 0 Å². The summed E-state index contributed by atoms with van der Waals surface area (Å²) in [7, 11) is -3.94. The molecule has 1 aliphatic carbocycles. The fraction of sp³-hybridized carbons (Fsp3) is 0.500. The van der Waals surface area contributed by atoms with Gasteiger partial charge in [0.05, 0.1) is 5.69 Å². The predicted octanol–water partition coefficient (Wildman–Crippen LogP) is 7.68. The monoisotopic (exact) mass is 634 g/mol. The van der Waals surface area contributed by atoms with E-state index >= 15 is 4.39 Å². The molecule has 7 rings (SSSR count). The average Bonchev–Trinajstić information content (AvgIpc) is 3.15. The highest BCUT2D eigenvalue weighted by molar-refractivity contribution is 7.92. The number of sulfonamides is 1. The Hall–Kier alpha value is -3.30. The third kappa shape index (κ3) is 8.30. The molecule has 2 aromatic carbocycles. The molecule has 1 amide bonds. The molecule has 0 radical (unpaired) electrons. The van der Waals surface area contributed by atoms with Gasteiger partial charge in [-0.25, -0.2) is 12.8 Å². The summed E-state index contributed by atoms with van der Waals surface area (Å²) < 4.78 is 45.6. The molecule has 3 atom stereocenters. The van der Waals surface area contributed by atoms with E-state index in [-0.39, 0.29) is 28.5 Å². The molecule has 6 bridgehead atoms. The summed E-state index contributed by atoms with van der Waals surface area (Å²) in [6.07, 6.45) is 13.0. The quantitative estimate of drug-likeness (QED) is 0.322. The van der Waals surface area contributed by atoms with Crippen LogP contribution in [0.5, 0.6) is 0 Å². The summed E-state index contributed by atoms with van der Waals surface area (Å²) in [6, 6.07) is 11.8. The van der Waals surface area contributed by atoms with Crippen LogP contribution in [0.25, 0.3) is 0 Å². The Kier molecular flexibility index (Phi) is 10.9. The van der Waals surface area contributed by atoms with Gasteiger partial charge in [-0.05, 0) is 105 Å². The zero-order valence-corrected chi connectivity index (χ0v) is 27.7. The number of carbonyl (C=O) groups excluding carboxylic acids is 1. The second-order valence-corrected chi connectivity index (χ2v) is 14.5. The van der Waals surface area contributed by atoms with Gasteiger partial charge in [-0.3, -0.25) is 19.4 Å². The second kappa shape index (κ2) is 14.9. The van der Waals surface area contributed by atoms with Crippen molar-refractivity contribution in [2.75, 3.05) is 37.4 Å². The van der Waals surface area contributed by atoms with Crippen molar-refractivity contribution in [2.24, 2.45) is 22.7 Å². The lowest BCUT2D eigenvalue weighted by atomic mass is 9.83. The number of amides is 1. The molecule has 3 unspecified atom stereocenters. The normalized spacial score (nSPS) is 28.2. The van der Waals surface area contributed by atoms with Crippen molar-refractivity contribution in [2.45, 2.75) is 70.6 Å². The SMILES string of the molecule is C/C=C1CN2CCN(CC2)C(=O)c2ccc(cc2)NS(=O)(=O)c2cccc(C)c2/N=C\C2CCCCCC(CC2)C(C)\C=C/1F. The number of anilines is 1. The molecule has 2 fully saturated rings. The Balaban J connectivity index is 1.49. The number of benzene rings is 2. The smallest absolute Gasteiger partial charge is 0.264 e. The Morgan fingerprint density at radius 2 is 1.69 bits per heavy atom. The molecule has 2 aromatic rings. The number of halogens is 1. The van der Waals surface area contributed by atoms with Crippen LogP contribution in [0.2, 0.25) is 0 Å². The van der Waals surface area contributed by atoms with E-state index in [0.29, 0.717) is 61.2 Å². The third-order valence-corrected chi connectivity index (χ3v) is 11.1. The molecular weight excluding hydrogens is 587 g/mol. The Morgan fingerprint density at radius 3 is 2.42 bits per heavy atom. The number of aryl methyl sites for hydroxylation is 1. The number of para-hydroxylation sites is 1. The molecule has 1 saturated carbocycles. The lowest BCUT2D eigenvalue weighted by Gasteiger charge is -2.35. The first-order chi connectivity index (χ1) is 21.6. The predicted molar refractivity (Wildman–Crippen MR) is 180 cm³/mol. The number of carbonyl (C=O) groups is 1. The van der Waals surface area contributed by atoms with Crippen LogP contribution in [0.15, 0.2) is 75.9 Å². The minimum Gasteiger partial charge on any atom is -0.336 e. The van der Waals surface area contributed by atoms with Gasteiger partial charge in [0, 0.05) is 50.2 Å². The van der Waals surface area contributed by atoms with E-state index in [1.54, 1.807) is 41.3 Å². The van der Waals surface area contributed by atoms with Gasteiger partial charge in [0.25, 0.3) is 15.9 Å². The van der Waals surface area contributed by atoms with Gasteiger partial charge in [0.1, 0.15) is 10.7 Å². The van der Waals surface area contributed by atoms with Gasteiger partial charge in [-0.15, -0.1) is 0 Å². The summed E-state index contributed by atoms with van der Waals surface area (Å²) in [5, 5.41) is 0. The summed E-state index contributed by atoms with van der Waals surface area (Å²) >= 11 is 0. The van der Waals surface area contributed by atoms with Crippen LogP contribution in [-0.4, -0.2) is 63.1 Å². The number of nitrogens with zero attached hydrogens (tertiary/aromatic N) is 3. The number of hydrogen-bond acceptors (Lipinski definition) is 5. The summed E-state index contributed by atoms with van der Waals surface area (Å²) in [6.45, 7) is 8.85. The van der Waals surface area contributed by atoms with Gasteiger partial charge in [0.15, 0.2) is 0 Å². The summed E-state index contributed by atoms with van der Waals surface area (Å²) in [5.41, 5.74) is 2.81. The fourth-order valence-corrected chi connectivity index (χ4v) is 8.06. The van der Waals surface area contributed by atoms with Gasteiger partial charge in [-0.1, -0.05) is 44.4 Å². The topological polar surface area (TPSA) is 82.1 Å². The number of fused-ring (bicyclic) bond motifs is 2. The van der Waals surface area contributed by atoms with Crippen LogP contribution in [0.3, 0.4) is 0 Å². The van der Waals surface area contributed by atoms with E-state index in [1.165, 1.54) is 0 Å². The van der Waals surface area contributed by atoms with Crippen molar-refractivity contribution >= 4 is 33.5 Å². The Morgan fingerprint density at radius 1 is 0.956 bits per heavy atom. The fourth-order valence-electron chi connectivity index (χ4n) is 6.78. The maximum Gasteiger partial charge on any atom is 0.264 e. The molecule has 4 aliphatic heterocycles. The van der Waals surface area contributed by atoms with Crippen LogP contribution in [0, 0.1) is 24.7 Å². The van der Waals surface area contributed by atoms with E-state index in [4.69, 9.17) is 4.99 Å². The van der Waals surface area contributed by atoms with Crippen molar-refractivity contribution in [1.29, 1.82) is 0 Å². The maximum atomic E-state index is 15.7. The molecule has 242 valence electrons. The van der Waals surface area contributed by atoms with Crippen LogP contribution < -0.4 is 4.72 Å². The number of aliphatic imine (C=N–C) groups is 1. The van der Waals surface area contributed by atoms with Crippen LogP contribution in [0.4, 0.5) is 15.8 Å². The largest absolute Gasteiger partial charge is 0.336 e. The highest BCUT2D eigenvalue weighted by Gasteiger charge is 2.26. The van der Waals surface area contributed by atoms with E-state index < -0.39 is 10.0 Å². The first-order valence-corrected chi connectivity index (χ1v) is 17.9. The van der Waals surface area contributed by atoms with Crippen LogP contribution >= 0.6 is 0 Å². The van der Waals surface area contributed by atoms with E-state index in [2.05, 4.69) is 16.5 Å². The number of allylic oxidation sites excluding steroid dienone is 2. The van der Waals surface area contributed by atoms with Crippen LogP contribution in [0.1, 0.15) is 74.7 Å². The van der Waals surface area contributed by atoms with Crippen LogP contribution in [-0.2, 0) is 10.0 Å². The number of nitrogens with one attached hydrogen (secondary N) is 1. The first-order valence-electron chi connectivity index (χ1n) is 16.5. The lowest BCUT2D eigenvalue weighted by Crippen LogP contribution is -2.49. The highest BCUT2D eigenvalue weighted by atomic mass is 32.2. The van der Waals surface area contributed by atoms with Gasteiger partial charge >= 0.3 is 0 Å². The molecule has 1 N–H and O–H groups in total. The first kappa shape index (κ1) is 33.1. The molecule has 1 saturated heterocycles. The van der Waals surface area contributed by atoms with Gasteiger partial charge < -0.3 is 4.90 Å². The van der Waals surface area contributed by atoms with E-state index in [9.17, 15) is 13.2 Å². The van der Waals surface area contributed by atoms with E-state index in [1.807, 2.05) is 38.3 Å². The van der Waals surface area contributed by atoms with E-state index in [0.717, 1.165) is 50.5 Å². The minimum absolute atomic E-state index is 0.0981. The summed E-state index contributed by atoms with van der Waals surface area (Å²) in [4.78, 5) is 22.2. The lowest BCUT2D eigenvalue weighted by molar-refractivity contribution is 0.0647. The number of rotatable bonds is 0. The van der Waals surface area contributed by atoms with Gasteiger partial charge in [-0.2, -0.15) is 0 Å². The molecule has 0 spiro atoms. The maximum absolute atomic E-state index is 15.7. The molecule has 5 aliphatic rings. The molecule has 9 heteroatoms. The molecule has 4 heterocycles. The Bertz CT molecular complexity index is 1540. The average molecular weight is 635 g/mol. The third-order valence-electron chi connectivity index (χ3n) is 9.71. The van der Waals surface area contributed by atoms with Crippen molar-refractivity contribution < 1.29 is 17.6 Å². The number of hydrogen-bond donors (Lipinski definition) is 1. The Labute approximate surface area is 268 Å². The van der Waals surface area contributed by atoms with Crippen molar-refractivity contribution in [1.82, 2.24) is 9.80 Å². The molecule has 7 nitrogen and oxygen atoms in total. The van der Waals surface area contributed by atoms with Crippen molar-refractivity contribution in [3.05, 3.63) is 77.1 Å². The highest BCUT2D eigenvalue weighted by Crippen LogP contribution is 2.34. The minimum atomic E-state index is -3.94.